The first kappa shape index (κ1) is 32.3. The van der Waals surface area contributed by atoms with E-state index >= 15 is 0 Å². The second-order valence-electron chi connectivity index (χ2n) is 11.6. The van der Waals surface area contributed by atoms with Gasteiger partial charge in [0.15, 0.2) is 5.65 Å². The number of pyridine rings is 1. The summed E-state index contributed by atoms with van der Waals surface area (Å²) in [7, 11) is 0. The summed E-state index contributed by atoms with van der Waals surface area (Å²) >= 11 is 6.59. The van der Waals surface area contributed by atoms with Crippen LogP contribution < -0.4 is 16.6 Å². The van der Waals surface area contributed by atoms with Gasteiger partial charge < -0.3 is 16.2 Å². The molecule has 0 radical (unpaired) electrons. The number of phenolic OH excluding ortho intramolecular Hbond substituents is 1. The summed E-state index contributed by atoms with van der Waals surface area (Å²) < 4.78 is 3.27. The summed E-state index contributed by atoms with van der Waals surface area (Å²) in [6.07, 6.45) is 7.44. The molecule has 11 nitrogen and oxygen atoms in total. The topological polar surface area (TPSA) is 150 Å². The summed E-state index contributed by atoms with van der Waals surface area (Å²) in [5.74, 6) is 7.27. The minimum atomic E-state index is -0.241. The number of nitrogen functional groups attached to an aromatic ring is 1. The van der Waals surface area contributed by atoms with Crippen molar-refractivity contribution in [2.45, 2.75) is 32.4 Å². The SMILES string of the molecule is Nc1ncnc2c1c(-c1cccc(O)c1)nn2Cc1nc2cccc(C#CCCCCNc3ccncc3)c2c(=O)n1Cc1ccccc1Cl. The molecule has 7 aromatic rings. The number of nitrogens with zero attached hydrogens (tertiary/aromatic N) is 7. The van der Waals surface area contributed by atoms with E-state index in [-0.39, 0.29) is 30.2 Å². The lowest BCUT2D eigenvalue weighted by molar-refractivity contribution is 0.475. The zero-order valence-electron chi connectivity index (χ0n) is 26.9. The van der Waals surface area contributed by atoms with Crippen molar-refractivity contribution in [1.82, 2.24) is 34.3 Å². The van der Waals surface area contributed by atoms with E-state index in [4.69, 9.17) is 27.4 Å². The maximum Gasteiger partial charge on any atom is 0.263 e. The molecule has 0 atom stereocenters. The predicted molar refractivity (Wildman–Crippen MR) is 196 cm³/mol. The quantitative estimate of drug-likeness (QED) is 0.112. The fourth-order valence-electron chi connectivity index (χ4n) is 5.82. The molecule has 248 valence electrons. The van der Waals surface area contributed by atoms with E-state index in [9.17, 15) is 9.90 Å². The normalized spacial score (nSPS) is 11.1. The van der Waals surface area contributed by atoms with Gasteiger partial charge in [-0.2, -0.15) is 5.10 Å². The van der Waals surface area contributed by atoms with E-state index in [2.05, 4.69) is 32.1 Å². The van der Waals surface area contributed by atoms with E-state index in [1.807, 2.05) is 54.6 Å². The first-order chi connectivity index (χ1) is 24.5. The maximum absolute atomic E-state index is 14.5. The van der Waals surface area contributed by atoms with Crippen molar-refractivity contribution in [3.63, 3.8) is 0 Å². The predicted octanol–water partition coefficient (Wildman–Crippen LogP) is 6.27. The standard InChI is InChI=1S/C38H32ClN9O2/c39-30-14-5-4-10-27(30)22-47-32(23-48-37-34(36(40)43-24-44-37)35(46-48)26-12-7-13-29(49)21-26)45-31-15-8-11-25(33(31)38(47)50)9-3-1-2-6-18-42-28-16-19-41-20-17-28/h4-5,7-8,10-17,19-21,24,49H,1-2,6,18,22-23H2,(H,41,42)(H2,40,43,44). The lowest BCUT2D eigenvalue weighted by atomic mass is 10.1. The molecule has 0 spiro atoms. The molecule has 0 unspecified atom stereocenters. The zero-order valence-corrected chi connectivity index (χ0v) is 27.7. The van der Waals surface area contributed by atoms with E-state index in [1.165, 1.54) is 6.33 Å². The van der Waals surface area contributed by atoms with Gasteiger partial charge in [0, 0.05) is 47.2 Å². The fourth-order valence-corrected chi connectivity index (χ4v) is 6.02. The maximum atomic E-state index is 14.5. The van der Waals surface area contributed by atoms with Crippen LogP contribution in [-0.2, 0) is 13.1 Å². The molecule has 3 aromatic carbocycles. The molecule has 0 amide bonds. The minimum Gasteiger partial charge on any atom is -0.508 e. The van der Waals surface area contributed by atoms with Gasteiger partial charge in [-0.1, -0.05) is 59.8 Å². The van der Waals surface area contributed by atoms with Crippen LogP contribution in [0.15, 0.2) is 102 Å². The number of nitrogens with two attached hydrogens (primary N) is 1. The molecule has 4 heterocycles. The van der Waals surface area contributed by atoms with Crippen molar-refractivity contribution in [1.29, 1.82) is 0 Å². The van der Waals surface area contributed by atoms with Crippen LogP contribution in [0.5, 0.6) is 5.75 Å². The summed E-state index contributed by atoms with van der Waals surface area (Å²) in [4.78, 5) is 32.2. The molecular formula is C38H32ClN9O2. The van der Waals surface area contributed by atoms with Gasteiger partial charge >= 0.3 is 0 Å². The molecule has 7 rings (SSSR count). The number of unbranched alkanes of at least 4 members (excludes halogenated alkanes) is 2. The molecule has 0 saturated carbocycles. The van der Waals surface area contributed by atoms with Gasteiger partial charge in [-0.3, -0.25) is 14.3 Å². The van der Waals surface area contributed by atoms with Crippen LogP contribution >= 0.6 is 11.6 Å². The Morgan fingerprint density at radius 2 is 1.76 bits per heavy atom. The van der Waals surface area contributed by atoms with E-state index < -0.39 is 0 Å². The smallest absolute Gasteiger partial charge is 0.263 e. The number of benzene rings is 3. The Bertz CT molecular complexity index is 2450. The molecule has 0 fully saturated rings. The number of aromatic nitrogens is 7. The van der Waals surface area contributed by atoms with Crippen LogP contribution in [-0.4, -0.2) is 45.9 Å². The van der Waals surface area contributed by atoms with Crippen LogP contribution in [0.4, 0.5) is 11.5 Å². The lowest BCUT2D eigenvalue weighted by Gasteiger charge is -2.15. The van der Waals surface area contributed by atoms with Gasteiger partial charge in [0.05, 0.1) is 22.8 Å². The van der Waals surface area contributed by atoms with E-state index in [0.717, 1.165) is 30.6 Å². The molecular weight excluding hydrogens is 650 g/mol. The molecule has 4 N–H and O–H groups in total. The highest BCUT2D eigenvalue weighted by Gasteiger charge is 2.21. The Morgan fingerprint density at radius 3 is 2.60 bits per heavy atom. The molecule has 12 heteroatoms. The van der Waals surface area contributed by atoms with Crippen LogP contribution in [0.1, 0.15) is 36.2 Å². The molecule has 0 aliphatic carbocycles. The van der Waals surface area contributed by atoms with Crippen molar-refractivity contribution < 1.29 is 5.11 Å². The second-order valence-corrected chi connectivity index (χ2v) is 12.1. The Hall–Kier alpha value is -6.25. The second kappa shape index (κ2) is 14.5. The summed E-state index contributed by atoms with van der Waals surface area (Å²) in [6, 6.07) is 23.5. The molecule has 0 bridgehead atoms. The summed E-state index contributed by atoms with van der Waals surface area (Å²) in [5.41, 5.74) is 10.6. The minimum absolute atomic E-state index is 0.0855. The van der Waals surface area contributed by atoms with Gasteiger partial charge in [0.1, 0.15) is 36.0 Å². The van der Waals surface area contributed by atoms with Gasteiger partial charge in [-0.15, -0.1) is 0 Å². The Morgan fingerprint density at radius 1 is 0.920 bits per heavy atom. The average molecular weight is 682 g/mol. The molecule has 0 aliphatic heterocycles. The van der Waals surface area contributed by atoms with Crippen LogP contribution in [0, 0.1) is 11.8 Å². The number of fused-ring (bicyclic) bond motifs is 2. The van der Waals surface area contributed by atoms with Gasteiger partial charge in [0.25, 0.3) is 5.56 Å². The van der Waals surface area contributed by atoms with Gasteiger partial charge in [-0.25, -0.2) is 19.6 Å². The largest absolute Gasteiger partial charge is 0.508 e. The molecule has 50 heavy (non-hydrogen) atoms. The van der Waals surface area contributed by atoms with Crippen molar-refractivity contribution in [3.8, 4) is 28.8 Å². The van der Waals surface area contributed by atoms with Crippen molar-refractivity contribution in [2.24, 2.45) is 0 Å². The lowest BCUT2D eigenvalue weighted by Crippen LogP contribution is -2.28. The highest BCUT2D eigenvalue weighted by atomic mass is 35.5. The Kier molecular flexibility index (Phi) is 9.35. The fraction of sp³-hybridized carbons (Fsp3) is 0.158. The van der Waals surface area contributed by atoms with Crippen LogP contribution in [0.3, 0.4) is 0 Å². The number of hydrogen-bond donors (Lipinski definition) is 3. The number of rotatable bonds is 10. The summed E-state index contributed by atoms with van der Waals surface area (Å²) in [5, 5.41) is 19.9. The first-order valence-electron chi connectivity index (χ1n) is 16.1. The Labute approximate surface area is 292 Å². The number of phenols is 1. The highest BCUT2D eigenvalue weighted by Crippen LogP contribution is 2.32. The molecule has 4 aromatic heterocycles. The van der Waals surface area contributed by atoms with Gasteiger partial charge in [0.2, 0.25) is 0 Å². The zero-order chi connectivity index (χ0) is 34.5. The summed E-state index contributed by atoms with van der Waals surface area (Å²) in [6.45, 7) is 1.10. The van der Waals surface area contributed by atoms with Crippen LogP contribution in [0.25, 0.3) is 33.2 Å². The monoisotopic (exact) mass is 681 g/mol. The number of anilines is 2. The number of aromatic hydroxyl groups is 1. The van der Waals surface area contributed by atoms with E-state index in [0.29, 0.717) is 56.0 Å². The number of hydrogen-bond acceptors (Lipinski definition) is 9. The Balaban J connectivity index is 1.25. The number of nitrogens with one attached hydrogen (secondary N) is 1. The third kappa shape index (κ3) is 6.83. The van der Waals surface area contributed by atoms with E-state index in [1.54, 1.807) is 45.9 Å². The average Bonchev–Trinajstić information content (AvgIpc) is 3.50. The van der Waals surface area contributed by atoms with Crippen molar-refractivity contribution >= 4 is 45.0 Å². The van der Waals surface area contributed by atoms with Crippen molar-refractivity contribution in [3.05, 3.63) is 130 Å². The number of halogens is 1. The first-order valence-corrected chi connectivity index (χ1v) is 16.5. The molecule has 0 saturated heterocycles. The highest BCUT2D eigenvalue weighted by molar-refractivity contribution is 6.31. The van der Waals surface area contributed by atoms with Crippen molar-refractivity contribution in [2.75, 3.05) is 17.6 Å². The van der Waals surface area contributed by atoms with Crippen LogP contribution in [0.2, 0.25) is 5.02 Å². The third-order valence-corrected chi connectivity index (χ3v) is 8.65. The third-order valence-electron chi connectivity index (χ3n) is 8.28. The van der Waals surface area contributed by atoms with Gasteiger partial charge in [-0.05, 0) is 60.9 Å². The molecule has 0 aliphatic rings.